The smallest absolute Gasteiger partial charge is 0.211 e. The molecule has 0 saturated heterocycles. The van der Waals surface area contributed by atoms with Crippen LogP contribution in [-0.2, 0) is 4.79 Å². The van der Waals surface area contributed by atoms with Crippen LogP contribution < -0.4 is 0 Å². The molecular weight excluding hydrogens is 280 g/mol. The molecule has 4 heteroatoms. The Morgan fingerprint density at radius 2 is 2.28 bits per heavy atom. The molecule has 0 saturated carbocycles. The van der Waals surface area contributed by atoms with Crippen molar-refractivity contribution in [2.24, 2.45) is 0 Å². The van der Waals surface area contributed by atoms with E-state index in [-0.39, 0.29) is 5.12 Å². The van der Waals surface area contributed by atoms with Crippen molar-refractivity contribution in [3.8, 4) is 0 Å². The van der Waals surface area contributed by atoms with Gasteiger partial charge >= 0.3 is 0 Å². The third-order valence-electron chi connectivity index (χ3n) is 2.55. The van der Waals surface area contributed by atoms with E-state index in [9.17, 15) is 4.79 Å². The highest BCUT2D eigenvalue weighted by atomic mass is 32.2. The quantitative estimate of drug-likeness (QED) is 0.744. The second-order valence-electron chi connectivity index (χ2n) is 3.84. The highest BCUT2D eigenvalue weighted by Gasteiger charge is 2.21. The molecule has 94 valence electrons. The van der Waals surface area contributed by atoms with Crippen LogP contribution in [0.15, 0.2) is 47.2 Å². The number of benzene rings is 1. The number of carbonyl (C=O) groups is 1. The predicted octanol–water partition coefficient (Wildman–Crippen LogP) is 4.76. The molecule has 1 aliphatic heterocycles. The van der Waals surface area contributed by atoms with E-state index in [4.69, 9.17) is 0 Å². The van der Waals surface area contributed by atoms with Gasteiger partial charge in [-0.1, -0.05) is 42.6 Å². The molecule has 1 unspecified atom stereocenters. The maximum Gasteiger partial charge on any atom is 0.211 e. The van der Waals surface area contributed by atoms with Gasteiger partial charge in [0.25, 0.3) is 0 Å². The number of aryl methyl sites for hydroxylation is 1. The van der Waals surface area contributed by atoms with Crippen LogP contribution in [0.5, 0.6) is 0 Å². The molecule has 0 aliphatic carbocycles. The Bertz CT molecular complexity index is 494. The first kappa shape index (κ1) is 13.8. The summed E-state index contributed by atoms with van der Waals surface area (Å²) < 4.78 is 0.431. The van der Waals surface area contributed by atoms with Crippen molar-refractivity contribution in [2.45, 2.75) is 11.5 Å². The van der Waals surface area contributed by atoms with Crippen LogP contribution in [0.3, 0.4) is 0 Å². The highest BCUT2D eigenvalue weighted by Crippen LogP contribution is 2.52. The molecule has 0 aromatic heterocycles. The molecule has 0 spiro atoms. The zero-order valence-corrected chi connectivity index (χ0v) is 12.5. The molecule has 1 atom stereocenters. The van der Waals surface area contributed by atoms with Crippen molar-refractivity contribution >= 4 is 40.4 Å². The normalized spacial score (nSPS) is 18.5. The first-order valence-corrected chi connectivity index (χ1v) is 8.37. The molecule has 1 heterocycles. The van der Waals surface area contributed by atoms with Gasteiger partial charge in [-0.3, -0.25) is 4.79 Å². The van der Waals surface area contributed by atoms with Crippen molar-refractivity contribution < 1.29 is 4.79 Å². The molecular formula is C14H14OS3. The molecule has 1 aromatic rings. The van der Waals surface area contributed by atoms with Gasteiger partial charge in [-0.2, -0.15) is 0 Å². The fraction of sp³-hybridized carbons (Fsp3) is 0.214. The minimum atomic E-state index is 0.0424. The highest BCUT2D eigenvalue weighted by molar-refractivity contribution is 8.23. The topological polar surface area (TPSA) is 17.1 Å². The number of carbonyl (C=O) groups excluding carboxylic acids is 1. The Kier molecular flexibility index (Phi) is 5.03. The molecule has 0 bridgehead atoms. The summed E-state index contributed by atoms with van der Waals surface area (Å²) in [5.74, 6) is 0.755. The largest absolute Gasteiger partial charge is 0.282 e. The Morgan fingerprint density at radius 1 is 1.50 bits per heavy atom. The van der Waals surface area contributed by atoms with Crippen LogP contribution in [0.25, 0.3) is 0 Å². The Hall–Kier alpha value is -0.580. The minimum Gasteiger partial charge on any atom is -0.282 e. The summed E-state index contributed by atoms with van der Waals surface area (Å²) in [7, 11) is 0. The SMILES string of the molecule is C=CC(=O)SCC1=CSC(c2ccccc2C)S1. The van der Waals surface area contributed by atoms with Crippen LogP contribution >= 0.6 is 35.3 Å². The van der Waals surface area contributed by atoms with Crippen LogP contribution in [0.1, 0.15) is 15.7 Å². The average molecular weight is 294 g/mol. The van der Waals surface area contributed by atoms with E-state index in [1.807, 2.05) is 23.5 Å². The molecule has 1 nitrogen and oxygen atoms in total. The lowest BCUT2D eigenvalue weighted by Gasteiger charge is -2.12. The van der Waals surface area contributed by atoms with Gasteiger partial charge in [0.2, 0.25) is 5.12 Å². The van der Waals surface area contributed by atoms with Gasteiger partial charge in [-0.25, -0.2) is 0 Å². The molecule has 2 rings (SSSR count). The van der Waals surface area contributed by atoms with E-state index in [1.54, 1.807) is 0 Å². The second-order valence-corrected chi connectivity index (χ2v) is 7.33. The van der Waals surface area contributed by atoms with Gasteiger partial charge in [-0.05, 0) is 29.5 Å². The zero-order chi connectivity index (χ0) is 13.0. The van der Waals surface area contributed by atoms with Crippen molar-refractivity contribution in [2.75, 3.05) is 5.75 Å². The second kappa shape index (κ2) is 6.55. The summed E-state index contributed by atoms with van der Waals surface area (Å²) in [6.07, 6.45) is 1.37. The fourth-order valence-corrected chi connectivity index (χ4v) is 5.21. The van der Waals surface area contributed by atoms with Crippen LogP contribution in [0.4, 0.5) is 0 Å². The first-order chi connectivity index (χ1) is 8.70. The molecule has 18 heavy (non-hydrogen) atoms. The average Bonchev–Trinajstić information content (AvgIpc) is 2.85. The molecule has 0 fully saturated rings. The zero-order valence-electron chi connectivity index (χ0n) is 10.1. The van der Waals surface area contributed by atoms with E-state index >= 15 is 0 Å². The van der Waals surface area contributed by atoms with Crippen LogP contribution in [-0.4, -0.2) is 10.9 Å². The Morgan fingerprint density at radius 3 is 3.00 bits per heavy atom. The predicted molar refractivity (Wildman–Crippen MR) is 84.8 cm³/mol. The third kappa shape index (κ3) is 3.46. The van der Waals surface area contributed by atoms with Crippen LogP contribution in [0.2, 0.25) is 0 Å². The van der Waals surface area contributed by atoms with Crippen molar-refractivity contribution in [1.82, 2.24) is 0 Å². The van der Waals surface area contributed by atoms with E-state index in [1.165, 1.54) is 33.9 Å². The molecule has 0 N–H and O–H groups in total. The van der Waals surface area contributed by atoms with Crippen molar-refractivity contribution in [1.29, 1.82) is 0 Å². The molecule has 0 radical (unpaired) electrons. The van der Waals surface area contributed by atoms with Crippen LogP contribution in [0, 0.1) is 6.92 Å². The first-order valence-electron chi connectivity index (χ1n) is 5.56. The lowest BCUT2D eigenvalue weighted by atomic mass is 10.1. The minimum absolute atomic E-state index is 0.0424. The summed E-state index contributed by atoms with van der Waals surface area (Å²) in [6.45, 7) is 5.62. The summed E-state index contributed by atoms with van der Waals surface area (Å²) >= 11 is 4.99. The number of thioether (sulfide) groups is 3. The van der Waals surface area contributed by atoms with Gasteiger partial charge < -0.3 is 0 Å². The monoisotopic (exact) mass is 294 g/mol. The van der Waals surface area contributed by atoms with Gasteiger partial charge in [0.1, 0.15) is 0 Å². The fourth-order valence-electron chi connectivity index (χ4n) is 1.59. The molecule has 0 amide bonds. The van der Waals surface area contributed by atoms with E-state index in [2.05, 4.69) is 43.2 Å². The maximum atomic E-state index is 11.2. The number of hydrogen-bond donors (Lipinski definition) is 0. The molecule has 1 aliphatic rings. The van der Waals surface area contributed by atoms with Gasteiger partial charge in [0, 0.05) is 10.7 Å². The Balaban J connectivity index is 1.93. The lowest BCUT2D eigenvalue weighted by molar-refractivity contribution is -0.107. The van der Waals surface area contributed by atoms with Gasteiger partial charge in [0.05, 0.1) is 4.58 Å². The lowest BCUT2D eigenvalue weighted by Crippen LogP contribution is -1.91. The number of hydrogen-bond acceptors (Lipinski definition) is 4. The van der Waals surface area contributed by atoms with Crippen molar-refractivity contribution in [3.63, 3.8) is 0 Å². The summed E-state index contributed by atoms with van der Waals surface area (Å²) in [6, 6.07) is 8.47. The summed E-state index contributed by atoms with van der Waals surface area (Å²) in [5.41, 5.74) is 2.70. The summed E-state index contributed by atoms with van der Waals surface area (Å²) in [5, 5.41) is 2.21. The summed E-state index contributed by atoms with van der Waals surface area (Å²) in [4.78, 5) is 12.4. The van der Waals surface area contributed by atoms with E-state index in [0.29, 0.717) is 4.58 Å². The van der Waals surface area contributed by atoms with Gasteiger partial charge in [-0.15, -0.1) is 23.5 Å². The standard InChI is InChI=1S/C14H14OS3/c1-3-13(15)16-8-11-9-17-14(18-11)12-7-5-4-6-10(12)2/h3-7,9,14H,1,8H2,2H3. The molecule has 1 aromatic carbocycles. The van der Waals surface area contributed by atoms with E-state index < -0.39 is 0 Å². The maximum absolute atomic E-state index is 11.2. The van der Waals surface area contributed by atoms with Crippen molar-refractivity contribution in [3.05, 3.63) is 58.4 Å². The Labute approximate surface area is 120 Å². The number of rotatable bonds is 4. The third-order valence-corrected chi connectivity index (χ3v) is 6.36. The van der Waals surface area contributed by atoms with Gasteiger partial charge in [0.15, 0.2) is 0 Å². The van der Waals surface area contributed by atoms with E-state index in [0.717, 1.165) is 5.75 Å².